The van der Waals surface area contributed by atoms with Crippen LogP contribution >= 0.6 is 11.3 Å². The first-order valence-corrected chi connectivity index (χ1v) is 5.56. The van der Waals surface area contributed by atoms with Crippen LogP contribution in [0.4, 0.5) is 0 Å². The third-order valence-corrected chi connectivity index (χ3v) is 3.23. The highest BCUT2D eigenvalue weighted by atomic mass is 32.1. The molecule has 74 valence electrons. The lowest BCUT2D eigenvalue weighted by molar-refractivity contribution is 0.287. The molecule has 1 aromatic heterocycles. The third-order valence-electron chi connectivity index (χ3n) is 2.36. The van der Waals surface area contributed by atoms with Crippen molar-refractivity contribution >= 4 is 11.3 Å². The molecule has 1 nitrogen and oxygen atoms in total. The van der Waals surface area contributed by atoms with Gasteiger partial charge in [-0.1, -0.05) is 20.8 Å². The predicted octanol–water partition coefficient (Wildman–Crippen LogP) is 3.36. The summed E-state index contributed by atoms with van der Waals surface area (Å²) in [5, 5.41) is 5.56. The Morgan fingerprint density at radius 1 is 1.38 bits per heavy atom. The minimum absolute atomic E-state index is 0.278. The van der Waals surface area contributed by atoms with Gasteiger partial charge in [0.25, 0.3) is 0 Å². The fourth-order valence-corrected chi connectivity index (χ4v) is 2.49. The molecular formula is C11H19NS. The molecule has 0 amide bonds. The molecule has 1 atom stereocenters. The van der Waals surface area contributed by atoms with Gasteiger partial charge in [-0.3, -0.25) is 0 Å². The summed E-state index contributed by atoms with van der Waals surface area (Å²) in [6, 6.07) is 2.69. The summed E-state index contributed by atoms with van der Waals surface area (Å²) in [6.07, 6.45) is 0. The number of thiophene rings is 1. The summed E-state index contributed by atoms with van der Waals surface area (Å²) in [5.74, 6) is 0. The van der Waals surface area contributed by atoms with Crippen molar-refractivity contribution in [1.82, 2.24) is 5.32 Å². The number of hydrogen-bond donors (Lipinski definition) is 1. The maximum absolute atomic E-state index is 3.39. The van der Waals surface area contributed by atoms with Crippen LogP contribution in [-0.2, 0) is 0 Å². The van der Waals surface area contributed by atoms with E-state index < -0.39 is 0 Å². The van der Waals surface area contributed by atoms with Crippen molar-refractivity contribution in [2.45, 2.75) is 33.7 Å². The number of aryl methyl sites for hydroxylation is 1. The van der Waals surface area contributed by atoms with E-state index in [2.05, 4.69) is 44.5 Å². The molecule has 0 aromatic carbocycles. The quantitative estimate of drug-likeness (QED) is 0.766. The molecule has 0 radical (unpaired) electrons. The van der Waals surface area contributed by atoms with E-state index in [9.17, 15) is 0 Å². The molecule has 13 heavy (non-hydrogen) atoms. The first-order valence-electron chi connectivity index (χ1n) is 4.68. The molecule has 1 aromatic rings. The van der Waals surface area contributed by atoms with E-state index in [1.807, 2.05) is 18.4 Å². The molecule has 0 saturated carbocycles. The lowest BCUT2D eigenvalue weighted by Crippen LogP contribution is -2.29. The largest absolute Gasteiger partial charge is 0.313 e. The Morgan fingerprint density at radius 2 is 2.00 bits per heavy atom. The van der Waals surface area contributed by atoms with Gasteiger partial charge in [0, 0.05) is 10.9 Å². The molecular weight excluding hydrogens is 178 g/mol. The van der Waals surface area contributed by atoms with Gasteiger partial charge in [0.2, 0.25) is 0 Å². The summed E-state index contributed by atoms with van der Waals surface area (Å²) < 4.78 is 0. The van der Waals surface area contributed by atoms with Gasteiger partial charge in [0.05, 0.1) is 0 Å². The van der Waals surface area contributed by atoms with Crippen LogP contribution in [0.15, 0.2) is 11.4 Å². The van der Waals surface area contributed by atoms with Crippen LogP contribution in [0.1, 0.15) is 37.3 Å². The molecule has 0 aliphatic rings. The van der Waals surface area contributed by atoms with Gasteiger partial charge in [-0.25, -0.2) is 0 Å². The van der Waals surface area contributed by atoms with E-state index in [1.165, 1.54) is 10.4 Å². The SMILES string of the molecule is CNC(c1ccsc1C)C(C)(C)C. The molecule has 1 N–H and O–H groups in total. The Kier molecular flexibility index (Phi) is 3.14. The first kappa shape index (κ1) is 10.7. The second-order valence-corrected chi connectivity index (χ2v) is 5.64. The molecule has 0 aliphatic heterocycles. The van der Waals surface area contributed by atoms with Crippen LogP contribution < -0.4 is 5.32 Å². The summed E-state index contributed by atoms with van der Waals surface area (Å²) >= 11 is 1.82. The maximum atomic E-state index is 3.39. The van der Waals surface area contributed by atoms with Gasteiger partial charge in [-0.15, -0.1) is 11.3 Å². The third kappa shape index (κ3) is 2.32. The van der Waals surface area contributed by atoms with E-state index in [0.29, 0.717) is 6.04 Å². The number of rotatable bonds is 2. The Morgan fingerprint density at radius 3 is 2.31 bits per heavy atom. The van der Waals surface area contributed by atoms with Crippen molar-refractivity contribution in [3.63, 3.8) is 0 Å². The average molecular weight is 197 g/mol. The highest BCUT2D eigenvalue weighted by Gasteiger charge is 2.25. The first-order chi connectivity index (χ1) is 5.96. The van der Waals surface area contributed by atoms with Crippen molar-refractivity contribution < 1.29 is 0 Å². The monoisotopic (exact) mass is 197 g/mol. The van der Waals surface area contributed by atoms with Gasteiger partial charge in [-0.05, 0) is 36.4 Å². The van der Waals surface area contributed by atoms with Gasteiger partial charge in [0.1, 0.15) is 0 Å². The zero-order valence-corrected chi connectivity index (χ0v) is 9.96. The molecule has 1 rings (SSSR count). The van der Waals surface area contributed by atoms with Crippen molar-refractivity contribution in [2.24, 2.45) is 5.41 Å². The Hall–Kier alpha value is -0.340. The Balaban J connectivity index is 2.98. The minimum Gasteiger partial charge on any atom is -0.313 e. The normalized spacial score (nSPS) is 14.5. The molecule has 2 heteroatoms. The van der Waals surface area contributed by atoms with E-state index >= 15 is 0 Å². The zero-order chi connectivity index (χ0) is 10.1. The predicted molar refractivity (Wildman–Crippen MR) is 60.3 cm³/mol. The van der Waals surface area contributed by atoms with Gasteiger partial charge < -0.3 is 5.32 Å². The molecule has 0 bridgehead atoms. The van der Waals surface area contributed by atoms with Crippen molar-refractivity contribution in [2.75, 3.05) is 7.05 Å². The van der Waals surface area contributed by atoms with Crippen LogP contribution in [0.2, 0.25) is 0 Å². The summed E-state index contributed by atoms with van der Waals surface area (Å²) in [4.78, 5) is 1.43. The van der Waals surface area contributed by atoms with Crippen LogP contribution in [-0.4, -0.2) is 7.05 Å². The average Bonchev–Trinajstić information content (AvgIpc) is 2.35. The molecule has 0 aliphatic carbocycles. The van der Waals surface area contributed by atoms with Crippen LogP contribution in [0.5, 0.6) is 0 Å². The lowest BCUT2D eigenvalue weighted by Gasteiger charge is -2.30. The van der Waals surface area contributed by atoms with Crippen LogP contribution in [0, 0.1) is 12.3 Å². The Labute approximate surface area is 85.2 Å². The van der Waals surface area contributed by atoms with Gasteiger partial charge >= 0.3 is 0 Å². The molecule has 0 saturated heterocycles. The highest BCUT2D eigenvalue weighted by molar-refractivity contribution is 7.10. The van der Waals surface area contributed by atoms with Crippen molar-refractivity contribution in [3.8, 4) is 0 Å². The van der Waals surface area contributed by atoms with Crippen LogP contribution in [0.3, 0.4) is 0 Å². The second-order valence-electron chi connectivity index (χ2n) is 4.52. The van der Waals surface area contributed by atoms with Crippen LogP contribution in [0.25, 0.3) is 0 Å². The molecule has 1 heterocycles. The van der Waals surface area contributed by atoms with Crippen molar-refractivity contribution in [1.29, 1.82) is 0 Å². The minimum atomic E-state index is 0.278. The fraction of sp³-hybridized carbons (Fsp3) is 0.636. The van der Waals surface area contributed by atoms with Gasteiger partial charge in [-0.2, -0.15) is 0 Å². The number of hydrogen-bond acceptors (Lipinski definition) is 2. The van der Waals surface area contributed by atoms with E-state index in [-0.39, 0.29) is 5.41 Å². The lowest BCUT2D eigenvalue weighted by atomic mass is 9.83. The zero-order valence-electron chi connectivity index (χ0n) is 9.14. The summed E-state index contributed by atoms with van der Waals surface area (Å²) in [6.45, 7) is 9.00. The molecule has 1 unspecified atom stereocenters. The van der Waals surface area contributed by atoms with Crippen molar-refractivity contribution in [3.05, 3.63) is 21.9 Å². The summed E-state index contributed by atoms with van der Waals surface area (Å²) in [5.41, 5.74) is 1.72. The highest BCUT2D eigenvalue weighted by Crippen LogP contribution is 2.35. The maximum Gasteiger partial charge on any atom is 0.0377 e. The van der Waals surface area contributed by atoms with Gasteiger partial charge in [0.15, 0.2) is 0 Å². The second kappa shape index (κ2) is 3.81. The number of nitrogens with one attached hydrogen (secondary N) is 1. The summed E-state index contributed by atoms with van der Waals surface area (Å²) in [7, 11) is 2.03. The molecule has 0 spiro atoms. The van der Waals surface area contributed by atoms with E-state index in [4.69, 9.17) is 0 Å². The topological polar surface area (TPSA) is 12.0 Å². The van der Waals surface area contributed by atoms with E-state index in [0.717, 1.165) is 0 Å². The fourth-order valence-electron chi connectivity index (χ4n) is 1.75. The standard InChI is InChI=1S/C11H19NS/c1-8-9(6-7-13-8)10(12-5)11(2,3)4/h6-7,10,12H,1-5H3. The van der Waals surface area contributed by atoms with E-state index in [1.54, 1.807) is 0 Å². The Bertz CT molecular complexity index is 270. The smallest absolute Gasteiger partial charge is 0.0377 e. The molecule has 0 fully saturated rings.